The summed E-state index contributed by atoms with van der Waals surface area (Å²) in [5, 5.41) is 3.15. The third-order valence-electron chi connectivity index (χ3n) is 3.44. The maximum absolute atomic E-state index is 14.0. The molecular weight excluding hydrogens is 270 g/mol. The van der Waals surface area contributed by atoms with Crippen LogP contribution >= 0.6 is 0 Å². The van der Waals surface area contributed by atoms with Crippen molar-refractivity contribution < 1.29 is 8.78 Å². The van der Waals surface area contributed by atoms with Crippen LogP contribution in [0.4, 0.5) is 14.5 Å². The van der Waals surface area contributed by atoms with Crippen molar-refractivity contribution in [1.29, 1.82) is 0 Å². The summed E-state index contributed by atoms with van der Waals surface area (Å²) in [6.45, 7) is 2.54. The van der Waals surface area contributed by atoms with E-state index in [1.54, 1.807) is 0 Å². The minimum absolute atomic E-state index is 0.0666. The highest BCUT2D eigenvalue weighted by atomic mass is 19.1. The van der Waals surface area contributed by atoms with Gasteiger partial charge in [0.15, 0.2) is 0 Å². The van der Waals surface area contributed by atoms with Gasteiger partial charge in [0.2, 0.25) is 0 Å². The lowest BCUT2D eigenvalue weighted by Gasteiger charge is -2.21. The number of benzene rings is 2. The maximum atomic E-state index is 14.0. The Kier molecular flexibility index (Phi) is 4.91. The molecule has 4 heteroatoms. The van der Waals surface area contributed by atoms with E-state index in [-0.39, 0.29) is 5.56 Å². The Balaban J connectivity index is 2.43. The molecule has 2 aromatic carbocycles. The zero-order valence-corrected chi connectivity index (χ0v) is 12.5. The Morgan fingerprint density at radius 2 is 1.57 bits per heavy atom. The topological polar surface area (TPSA) is 15.3 Å². The summed E-state index contributed by atoms with van der Waals surface area (Å²) in [7, 11) is 3.90. The molecule has 0 fully saturated rings. The summed E-state index contributed by atoms with van der Waals surface area (Å²) in [6, 6.07) is 11.1. The van der Waals surface area contributed by atoms with E-state index >= 15 is 0 Å². The SMILES string of the molecule is CCNC(c1ccc(N(C)C)cc1)c1c(F)cccc1F. The summed E-state index contributed by atoms with van der Waals surface area (Å²) < 4.78 is 28.1. The van der Waals surface area contributed by atoms with Crippen LogP contribution in [0.2, 0.25) is 0 Å². The van der Waals surface area contributed by atoms with Crippen LogP contribution in [0.5, 0.6) is 0 Å². The van der Waals surface area contributed by atoms with Crippen LogP contribution in [-0.4, -0.2) is 20.6 Å². The van der Waals surface area contributed by atoms with Gasteiger partial charge < -0.3 is 10.2 Å². The third-order valence-corrected chi connectivity index (χ3v) is 3.44. The van der Waals surface area contributed by atoms with E-state index in [0.29, 0.717) is 6.54 Å². The minimum atomic E-state index is -0.530. The van der Waals surface area contributed by atoms with E-state index < -0.39 is 17.7 Å². The summed E-state index contributed by atoms with van der Waals surface area (Å²) in [6.07, 6.45) is 0. The van der Waals surface area contributed by atoms with Crippen LogP contribution in [0.25, 0.3) is 0 Å². The predicted octanol–water partition coefficient (Wildman–Crippen LogP) is 3.73. The molecule has 112 valence electrons. The van der Waals surface area contributed by atoms with Crippen LogP contribution < -0.4 is 10.2 Å². The average Bonchev–Trinajstić information content (AvgIpc) is 2.46. The van der Waals surface area contributed by atoms with Gasteiger partial charge in [-0.25, -0.2) is 8.78 Å². The van der Waals surface area contributed by atoms with E-state index in [4.69, 9.17) is 0 Å². The van der Waals surface area contributed by atoms with Crippen molar-refractivity contribution in [2.75, 3.05) is 25.5 Å². The fourth-order valence-electron chi connectivity index (χ4n) is 2.34. The second-order valence-corrected chi connectivity index (χ2v) is 5.11. The first-order valence-electron chi connectivity index (χ1n) is 6.99. The second-order valence-electron chi connectivity index (χ2n) is 5.11. The molecule has 0 bridgehead atoms. The van der Waals surface area contributed by atoms with Crippen molar-refractivity contribution in [1.82, 2.24) is 5.32 Å². The van der Waals surface area contributed by atoms with E-state index in [0.717, 1.165) is 11.3 Å². The fourth-order valence-corrected chi connectivity index (χ4v) is 2.34. The molecule has 0 radical (unpaired) electrons. The Morgan fingerprint density at radius 3 is 2.05 bits per heavy atom. The van der Waals surface area contributed by atoms with Crippen molar-refractivity contribution in [2.45, 2.75) is 13.0 Å². The molecular formula is C17H20F2N2. The standard InChI is InChI=1S/C17H20F2N2/c1-4-20-17(16-14(18)6-5-7-15(16)19)12-8-10-13(11-9-12)21(2)3/h5-11,17,20H,4H2,1-3H3. The molecule has 0 heterocycles. The zero-order valence-electron chi connectivity index (χ0n) is 12.5. The van der Waals surface area contributed by atoms with E-state index in [9.17, 15) is 8.78 Å². The van der Waals surface area contributed by atoms with E-state index in [1.807, 2.05) is 50.2 Å². The monoisotopic (exact) mass is 290 g/mol. The Hall–Kier alpha value is -1.94. The Bertz CT molecular complexity index is 574. The van der Waals surface area contributed by atoms with Crippen LogP contribution in [0.1, 0.15) is 24.1 Å². The molecule has 2 nitrogen and oxygen atoms in total. The molecule has 2 rings (SSSR count). The number of rotatable bonds is 5. The molecule has 1 N–H and O–H groups in total. The number of anilines is 1. The highest BCUT2D eigenvalue weighted by Gasteiger charge is 2.21. The van der Waals surface area contributed by atoms with Gasteiger partial charge >= 0.3 is 0 Å². The van der Waals surface area contributed by atoms with Gasteiger partial charge in [-0.2, -0.15) is 0 Å². The molecule has 0 saturated carbocycles. The first-order chi connectivity index (χ1) is 10.0. The van der Waals surface area contributed by atoms with Crippen LogP contribution in [0.15, 0.2) is 42.5 Å². The molecule has 2 aromatic rings. The summed E-state index contributed by atoms with van der Waals surface area (Å²) in [4.78, 5) is 1.98. The molecule has 0 aromatic heterocycles. The van der Waals surface area contributed by atoms with Gasteiger partial charge in [0.1, 0.15) is 11.6 Å². The second kappa shape index (κ2) is 6.68. The minimum Gasteiger partial charge on any atom is -0.378 e. The molecule has 0 spiro atoms. The third kappa shape index (κ3) is 3.39. The van der Waals surface area contributed by atoms with Gasteiger partial charge in [0.05, 0.1) is 6.04 Å². The maximum Gasteiger partial charge on any atom is 0.131 e. The highest BCUT2D eigenvalue weighted by Crippen LogP contribution is 2.28. The molecule has 1 unspecified atom stereocenters. The van der Waals surface area contributed by atoms with Crippen molar-refractivity contribution in [2.24, 2.45) is 0 Å². The van der Waals surface area contributed by atoms with Gasteiger partial charge in [-0.05, 0) is 36.4 Å². The van der Waals surface area contributed by atoms with Crippen LogP contribution in [-0.2, 0) is 0 Å². The zero-order chi connectivity index (χ0) is 15.4. The summed E-state index contributed by atoms with van der Waals surface area (Å²) >= 11 is 0. The number of hydrogen-bond donors (Lipinski definition) is 1. The lowest BCUT2D eigenvalue weighted by atomic mass is 9.97. The van der Waals surface area contributed by atoms with Gasteiger partial charge in [0.25, 0.3) is 0 Å². The average molecular weight is 290 g/mol. The molecule has 21 heavy (non-hydrogen) atoms. The van der Waals surface area contributed by atoms with Gasteiger partial charge in [-0.1, -0.05) is 25.1 Å². The van der Waals surface area contributed by atoms with Gasteiger partial charge in [0, 0.05) is 25.3 Å². The normalized spacial score (nSPS) is 12.2. The summed E-state index contributed by atoms with van der Waals surface area (Å²) in [5.74, 6) is -1.06. The predicted molar refractivity (Wildman–Crippen MR) is 82.6 cm³/mol. The first-order valence-corrected chi connectivity index (χ1v) is 6.99. The van der Waals surface area contributed by atoms with Crippen molar-refractivity contribution in [3.8, 4) is 0 Å². The van der Waals surface area contributed by atoms with Crippen molar-refractivity contribution >= 4 is 5.69 Å². The van der Waals surface area contributed by atoms with Gasteiger partial charge in [-0.15, -0.1) is 0 Å². The summed E-state index contributed by atoms with van der Waals surface area (Å²) in [5.41, 5.74) is 1.95. The van der Waals surface area contributed by atoms with Crippen molar-refractivity contribution in [3.05, 3.63) is 65.2 Å². The van der Waals surface area contributed by atoms with E-state index in [2.05, 4.69) is 5.32 Å². The molecule has 0 amide bonds. The lowest BCUT2D eigenvalue weighted by molar-refractivity contribution is 0.510. The molecule has 0 saturated heterocycles. The van der Waals surface area contributed by atoms with Crippen LogP contribution in [0.3, 0.4) is 0 Å². The van der Waals surface area contributed by atoms with Crippen LogP contribution in [0, 0.1) is 11.6 Å². The molecule has 0 aliphatic rings. The number of nitrogens with zero attached hydrogens (tertiary/aromatic N) is 1. The molecule has 0 aliphatic carbocycles. The Morgan fingerprint density at radius 1 is 1.00 bits per heavy atom. The first kappa shape index (κ1) is 15.4. The largest absolute Gasteiger partial charge is 0.378 e. The molecule has 0 aliphatic heterocycles. The molecule has 1 atom stereocenters. The lowest BCUT2D eigenvalue weighted by Crippen LogP contribution is -2.24. The Labute approximate surface area is 124 Å². The number of halogens is 2. The highest BCUT2D eigenvalue weighted by molar-refractivity contribution is 5.48. The van der Waals surface area contributed by atoms with Gasteiger partial charge in [-0.3, -0.25) is 0 Å². The van der Waals surface area contributed by atoms with E-state index in [1.165, 1.54) is 18.2 Å². The quantitative estimate of drug-likeness (QED) is 0.902. The number of hydrogen-bond acceptors (Lipinski definition) is 2. The van der Waals surface area contributed by atoms with Crippen molar-refractivity contribution in [3.63, 3.8) is 0 Å². The smallest absolute Gasteiger partial charge is 0.131 e. The fraction of sp³-hybridized carbons (Fsp3) is 0.294. The number of nitrogens with one attached hydrogen (secondary N) is 1.